The highest BCUT2D eigenvalue weighted by Gasteiger charge is 2.00. The zero-order valence-corrected chi connectivity index (χ0v) is 11.2. The monoisotopic (exact) mass is 265 g/mol. The third kappa shape index (κ3) is 4.07. The fourth-order valence-electron chi connectivity index (χ4n) is 1.80. The molecule has 0 bridgehead atoms. The van der Waals surface area contributed by atoms with Gasteiger partial charge in [0.25, 0.3) is 0 Å². The topological polar surface area (TPSA) is 41.5 Å². The van der Waals surface area contributed by atoms with Crippen molar-refractivity contribution in [3.8, 4) is 0 Å². The highest BCUT2D eigenvalue weighted by molar-refractivity contribution is 7.19. The van der Waals surface area contributed by atoms with Gasteiger partial charge in [0, 0.05) is 22.7 Å². The number of nitrogens with one attached hydrogen (secondary N) is 1. The van der Waals surface area contributed by atoms with E-state index in [1.165, 1.54) is 15.0 Å². The van der Waals surface area contributed by atoms with Gasteiger partial charge in [-0.05, 0) is 30.5 Å². The lowest BCUT2D eigenvalue weighted by molar-refractivity contribution is 0.0907. The van der Waals surface area contributed by atoms with Gasteiger partial charge < -0.3 is 15.2 Å². The summed E-state index contributed by atoms with van der Waals surface area (Å²) < 4.78 is 6.54. The van der Waals surface area contributed by atoms with Gasteiger partial charge in [-0.2, -0.15) is 0 Å². The Morgan fingerprint density at radius 2 is 2.11 bits per heavy atom. The van der Waals surface area contributed by atoms with Crippen molar-refractivity contribution in [2.75, 3.05) is 26.4 Å². The molecule has 0 unspecified atom stereocenters. The largest absolute Gasteiger partial charge is 0.394 e. The number of ether oxygens (including phenoxy) is 1. The van der Waals surface area contributed by atoms with Crippen LogP contribution in [0.3, 0.4) is 0 Å². The second-order valence-electron chi connectivity index (χ2n) is 4.12. The highest BCUT2D eigenvalue weighted by Crippen LogP contribution is 2.24. The molecule has 18 heavy (non-hydrogen) atoms. The summed E-state index contributed by atoms with van der Waals surface area (Å²) in [6, 6.07) is 10.7. The second-order valence-corrected chi connectivity index (χ2v) is 5.29. The average Bonchev–Trinajstić information content (AvgIpc) is 2.80. The van der Waals surface area contributed by atoms with E-state index in [4.69, 9.17) is 9.84 Å². The van der Waals surface area contributed by atoms with Crippen molar-refractivity contribution in [3.05, 3.63) is 35.2 Å². The minimum absolute atomic E-state index is 0.106. The van der Waals surface area contributed by atoms with Crippen LogP contribution in [0.5, 0.6) is 0 Å². The molecule has 0 atom stereocenters. The lowest BCUT2D eigenvalue weighted by Gasteiger charge is -2.03. The standard InChI is InChI=1S/C14H19NO2S/c16-7-9-17-8-3-6-15-11-13-10-12-4-1-2-5-14(12)18-13/h1-2,4-5,10,15-16H,3,6-9,11H2. The van der Waals surface area contributed by atoms with E-state index >= 15 is 0 Å². The first-order chi connectivity index (χ1) is 8.90. The van der Waals surface area contributed by atoms with Crippen LogP contribution in [0, 0.1) is 0 Å². The van der Waals surface area contributed by atoms with E-state index in [-0.39, 0.29) is 6.61 Å². The van der Waals surface area contributed by atoms with Crippen LogP contribution < -0.4 is 5.32 Å². The first-order valence-corrected chi connectivity index (χ1v) is 7.08. The van der Waals surface area contributed by atoms with Crippen LogP contribution in [-0.2, 0) is 11.3 Å². The van der Waals surface area contributed by atoms with Gasteiger partial charge >= 0.3 is 0 Å². The molecule has 98 valence electrons. The van der Waals surface area contributed by atoms with Gasteiger partial charge in [0.15, 0.2) is 0 Å². The molecule has 0 aliphatic heterocycles. The minimum Gasteiger partial charge on any atom is -0.394 e. The molecule has 3 nitrogen and oxygen atoms in total. The molecule has 1 heterocycles. The Balaban J connectivity index is 1.67. The maximum absolute atomic E-state index is 8.55. The molecule has 0 spiro atoms. The molecular weight excluding hydrogens is 246 g/mol. The summed E-state index contributed by atoms with van der Waals surface area (Å²) in [4.78, 5) is 1.37. The Morgan fingerprint density at radius 1 is 1.22 bits per heavy atom. The molecule has 2 rings (SSSR count). The van der Waals surface area contributed by atoms with Crippen molar-refractivity contribution < 1.29 is 9.84 Å². The third-order valence-electron chi connectivity index (χ3n) is 2.65. The zero-order valence-electron chi connectivity index (χ0n) is 10.4. The zero-order chi connectivity index (χ0) is 12.6. The Morgan fingerprint density at radius 3 is 2.94 bits per heavy atom. The minimum atomic E-state index is 0.106. The number of thiophene rings is 1. The van der Waals surface area contributed by atoms with E-state index in [1.807, 2.05) is 11.3 Å². The van der Waals surface area contributed by atoms with Crippen LogP contribution >= 0.6 is 11.3 Å². The second kappa shape index (κ2) is 7.48. The number of rotatable bonds is 8. The summed E-state index contributed by atoms with van der Waals surface area (Å²) in [7, 11) is 0. The molecule has 0 saturated carbocycles. The van der Waals surface area contributed by atoms with Gasteiger partial charge in [0.1, 0.15) is 0 Å². The van der Waals surface area contributed by atoms with Crippen molar-refractivity contribution in [2.45, 2.75) is 13.0 Å². The van der Waals surface area contributed by atoms with Crippen LogP contribution in [-0.4, -0.2) is 31.5 Å². The molecule has 0 saturated heterocycles. The maximum atomic E-state index is 8.55. The van der Waals surface area contributed by atoms with Crippen LogP contribution in [0.1, 0.15) is 11.3 Å². The summed E-state index contributed by atoms with van der Waals surface area (Å²) in [6.45, 7) is 3.12. The molecule has 2 aromatic rings. The third-order valence-corrected chi connectivity index (χ3v) is 3.77. The van der Waals surface area contributed by atoms with E-state index in [1.54, 1.807) is 0 Å². The van der Waals surface area contributed by atoms with Gasteiger partial charge in [0.2, 0.25) is 0 Å². The average molecular weight is 265 g/mol. The number of hydrogen-bond donors (Lipinski definition) is 2. The Labute approximate surface area is 111 Å². The normalized spacial score (nSPS) is 11.2. The molecule has 0 aliphatic carbocycles. The van der Waals surface area contributed by atoms with Crippen molar-refractivity contribution in [3.63, 3.8) is 0 Å². The molecule has 0 fully saturated rings. The van der Waals surface area contributed by atoms with E-state index < -0.39 is 0 Å². The Hall–Kier alpha value is -0.940. The molecule has 0 radical (unpaired) electrons. The predicted molar refractivity (Wildman–Crippen MR) is 76.1 cm³/mol. The maximum Gasteiger partial charge on any atom is 0.0697 e. The van der Waals surface area contributed by atoms with Crippen LogP contribution in [0.2, 0.25) is 0 Å². The number of hydrogen-bond acceptors (Lipinski definition) is 4. The number of fused-ring (bicyclic) bond motifs is 1. The van der Waals surface area contributed by atoms with Crippen molar-refractivity contribution in [1.29, 1.82) is 0 Å². The summed E-state index contributed by atoms with van der Waals surface area (Å²) in [5.41, 5.74) is 0. The predicted octanol–water partition coefficient (Wildman–Crippen LogP) is 2.39. The van der Waals surface area contributed by atoms with Crippen LogP contribution in [0.25, 0.3) is 10.1 Å². The van der Waals surface area contributed by atoms with E-state index in [9.17, 15) is 0 Å². The van der Waals surface area contributed by atoms with E-state index in [2.05, 4.69) is 35.6 Å². The fraction of sp³-hybridized carbons (Fsp3) is 0.429. The van der Waals surface area contributed by atoms with Crippen molar-refractivity contribution >= 4 is 21.4 Å². The van der Waals surface area contributed by atoms with Crippen molar-refractivity contribution in [1.82, 2.24) is 5.32 Å². The first kappa shape index (κ1) is 13.5. The van der Waals surface area contributed by atoms with Gasteiger partial charge in [-0.25, -0.2) is 0 Å². The molecule has 0 aliphatic rings. The molecule has 4 heteroatoms. The summed E-state index contributed by atoms with van der Waals surface area (Å²) in [5, 5.41) is 13.3. The van der Waals surface area contributed by atoms with Gasteiger partial charge in [0.05, 0.1) is 13.2 Å². The quantitative estimate of drug-likeness (QED) is 0.720. The molecule has 0 amide bonds. The Kier molecular flexibility index (Phi) is 5.61. The summed E-state index contributed by atoms with van der Waals surface area (Å²) >= 11 is 1.84. The molecular formula is C14H19NO2S. The highest BCUT2D eigenvalue weighted by atomic mass is 32.1. The van der Waals surface area contributed by atoms with Crippen LogP contribution in [0.4, 0.5) is 0 Å². The first-order valence-electron chi connectivity index (χ1n) is 6.27. The lowest BCUT2D eigenvalue weighted by Crippen LogP contribution is -2.16. The number of benzene rings is 1. The summed E-state index contributed by atoms with van der Waals surface area (Å²) in [6.07, 6.45) is 0.977. The van der Waals surface area contributed by atoms with Gasteiger partial charge in [-0.15, -0.1) is 11.3 Å². The van der Waals surface area contributed by atoms with Gasteiger partial charge in [-0.1, -0.05) is 18.2 Å². The molecule has 2 N–H and O–H groups in total. The lowest BCUT2D eigenvalue weighted by atomic mass is 10.2. The summed E-state index contributed by atoms with van der Waals surface area (Å²) in [5.74, 6) is 0. The SMILES string of the molecule is OCCOCCCNCc1cc2ccccc2s1. The van der Waals surface area contributed by atoms with Crippen molar-refractivity contribution in [2.24, 2.45) is 0 Å². The molecule has 1 aromatic heterocycles. The van der Waals surface area contributed by atoms with Gasteiger partial charge in [-0.3, -0.25) is 0 Å². The number of aliphatic hydroxyl groups is 1. The van der Waals surface area contributed by atoms with Crippen LogP contribution in [0.15, 0.2) is 30.3 Å². The fourth-order valence-corrected chi connectivity index (χ4v) is 2.84. The van der Waals surface area contributed by atoms with E-state index in [0.29, 0.717) is 13.2 Å². The molecule has 1 aromatic carbocycles. The number of aliphatic hydroxyl groups excluding tert-OH is 1. The van der Waals surface area contributed by atoms with E-state index in [0.717, 1.165) is 19.5 Å². The Bertz CT molecular complexity index is 437. The smallest absolute Gasteiger partial charge is 0.0697 e.